The molecule has 0 aliphatic heterocycles. The molecule has 0 aliphatic rings. The third-order valence-corrected chi connectivity index (χ3v) is 7.01. The van der Waals surface area contributed by atoms with Gasteiger partial charge < -0.3 is 9.88 Å². The molecule has 1 heterocycles. The summed E-state index contributed by atoms with van der Waals surface area (Å²) >= 11 is 1.78. The Kier molecular flexibility index (Phi) is 9.18. The van der Waals surface area contributed by atoms with Gasteiger partial charge in [-0.3, -0.25) is 4.79 Å². The molecule has 0 saturated carbocycles. The van der Waals surface area contributed by atoms with Gasteiger partial charge in [-0.1, -0.05) is 103 Å². The number of nitrogens with zero attached hydrogens (tertiary/aromatic N) is 2. The lowest BCUT2D eigenvalue weighted by Gasteiger charge is -2.11. The fraction of sp³-hybridized carbons (Fsp3) is 0.267. The van der Waals surface area contributed by atoms with Gasteiger partial charge in [0, 0.05) is 36.4 Å². The molecule has 0 bridgehead atoms. The van der Waals surface area contributed by atoms with Crippen LogP contribution in [0.3, 0.4) is 0 Å². The molecule has 4 aromatic rings. The van der Waals surface area contributed by atoms with Crippen LogP contribution in [0.2, 0.25) is 0 Å². The number of carbonyl (C=O) groups excluding carboxylic acids is 1. The zero-order valence-electron chi connectivity index (χ0n) is 20.3. The summed E-state index contributed by atoms with van der Waals surface area (Å²) in [6, 6.07) is 31.2. The van der Waals surface area contributed by atoms with Crippen molar-refractivity contribution in [3.05, 3.63) is 96.6 Å². The first-order valence-corrected chi connectivity index (χ1v) is 13.4. The average molecular weight is 484 g/mol. The van der Waals surface area contributed by atoms with E-state index in [4.69, 9.17) is 4.98 Å². The van der Waals surface area contributed by atoms with E-state index in [0.717, 1.165) is 48.0 Å². The van der Waals surface area contributed by atoms with Gasteiger partial charge in [0.1, 0.15) is 0 Å². The maximum Gasteiger partial charge on any atom is 0.220 e. The number of carbonyl (C=O) groups is 1. The van der Waals surface area contributed by atoms with E-state index in [1.807, 2.05) is 30.3 Å². The number of benzene rings is 3. The zero-order chi connectivity index (χ0) is 24.3. The van der Waals surface area contributed by atoms with Gasteiger partial charge >= 0.3 is 0 Å². The number of rotatable bonds is 12. The van der Waals surface area contributed by atoms with Crippen LogP contribution in [0.25, 0.3) is 22.5 Å². The standard InChI is InChI=1S/C30H33N3OS/c1-2-33-29(26-18-10-5-11-19-26)28(25-16-8-4-9-17-25)32-30(33)35-23-13-12-20-27(34)31-22-21-24-14-6-3-7-15-24/h3-11,14-19H,2,12-13,20-23H2,1H3,(H,31,34). The Morgan fingerprint density at radius 3 is 2.14 bits per heavy atom. The van der Waals surface area contributed by atoms with Gasteiger partial charge in [-0.25, -0.2) is 4.98 Å². The number of thioether (sulfide) groups is 1. The molecule has 180 valence electrons. The molecule has 3 aromatic carbocycles. The fourth-order valence-electron chi connectivity index (χ4n) is 4.15. The summed E-state index contributed by atoms with van der Waals surface area (Å²) in [5, 5.41) is 4.08. The van der Waals surface area contributed by atoms with E-state index in [2.05, 4.69) is 77.5 Å². The highest BCUT2D eigenvalue weighted by Gasteiger charge is 2.19. The Morgan fingerprint density at radius 1 is 0.857 bits per heavy atom. The van der Waals surface area contributed by atoms with Crippen LogP contribution in [-0.4, -0.2) is 27.8 Å². The summed E-state index contributed by atoms with van der Waals surface area (Å²) in [6.45, 7) is 3.72. The second kappa shape index (κ2) is 13.0. The van der Waals surface area contributed by atoms with Gasteiger partial charge in [-0.15, -0.1) is 0 Å². The van der Waals surface area contributed by atoms with Crippen molar-refractivity contribution in [1.82, 2.24) is 14.9 Å². The lowest BCUT2D eigenvalue weighted by Crippen LogP contribution is -2.25. The van der Waals surface area contributed by atoms with Crippen molar-refractivity contribution in [1.29, 1.82) is 0 Å². The number of imidazole rings is 1. The quantitative estimate of drug-likeness (QED) is 0.177. The normalized spacial score (nSPS) is 10.9. The van der Waals surface area contributed by atoms with Crippen LogP contribution >= 0.6 is 11.8 Å². The van der Waals surface area contributed by atoms with Gasteiger partial charge in [-0.05, 0) is 31.7 Å². The number of aromatic nitrogens is 2. The van der Waals surface area contributed by atoms with E-state index in [1.165, 1.54) is 16.8 Å². The van der Waals surface area contributed by atoms with Crippen molar-refractivity contribution in [3.8, 4) is 22.5 Å². The van der Waals surface area contributed by atoms with Crippen molar-refractivity contribution in [2.75, 3.05) is 12.3 Å². The number of hydrogen-bond donors (Lipinski definition) is 1. The minimum atomic E-state index is 0.138. The van der Waals surface area contributed by atoms with Crippen molar-refractivity contribution in [2.24, 2.45) is 0 Å². The molecule has 4 rings (SSSR count). The molecule has 5 heteroatoms. The van der Waals surface area contributed by atoms with Crippen molar-refractivity contribution in [2.45, 2.75) is 44.3 Å². The number of amides is 1. The van der Waals surface area contributed by atoms with E-state index in [1.54, 1.807) is 11.8 Å². The topological polar surface area (TPSA) is 46.9 Å². The van der Waals surface area contributed by atoms with Crippen LogP contribution in [0.4, 0.5) is 0 Å². The van der Waals surface area contributed by atoms with Crippen LogP contribution in [-0.2, 0) is 17.8 Å². The molecule has 35 heavy (non-hydrogen) atoms. The van der Waals surface area contributed by atoms with Crippen LogP contribution in [0.1, 0.15) is 31.7 Å². The first-order chi connectivity index (χ1) is 17.3. The van der Waals surface area contributed by atoms with Crippen LogP contribution in [0.5, 0.6) is 0 Å². The Labute approximate surface area is 212 Å². The Morgan fingerprint density at radius 2 is 1.49 bits per heavy atom. The van der Waals surface area contributed by atoms with E-state index < -0.39 is 0 Å². The molecule has 0 aliphatic carbocycles. The van der Waals surface area contributed by atoms with Crippen molar-refractivity contribution >= 4 is 17.7 Å². The van der Waals surface area contributed by atoms with Gasteiger partial charge in [0.25, 0.3) is 0 Å². The third kappa shape index (κ3) is 6.86. The predicted molar refractivity (Wildman–Crippen MR) is 147 cm³/mol. The largest absolute Gasteiger partial charge is 0.356 e. The van der Waals surface area contributed by atoms with E-state index >= 15 is 0 Å². The summed E-state index contributed by atoms with van der Waals surface area (Å²) in [5.41, 5.74) is 5.76. The van der Waals surface area contributed by atoms with Gasteiger partial charge in [-0.2, -0.15) is 0 Å². The summed E-state index contributed by atoms with van der Waals surface area (Å²) in [4.78, 5) is 17.3. The molecule has 0 saturated heterocycles. The monoisotopic (exact) mass is 483 g/mol. The van der Waals surface area contributed by atoms with Gasteiger partial charge in [0.05, 0.1) is 11.4 Å². The second-order valence-electron chi connectivity index (χ2n) is 8.46. The minimum absolute atomic E-state index is 0.138. The molecule has 1 aromatic heterocycles. The summed E-state index contributed by atoms with van der Waals surface area (Å²) in [6.07, 6.45) is 3.31. The van der Waals surface area contributed by atoms with Crippen LogP contribution < -0.4 is 5.32 Å². The molecular formula is C30H33N3OS. The summed E-state index contributed by atoms with van der Waals surface area (Å²) < 4.78 is 2.32. The fourth-order valence-corrected chi connectivity index (χ4v) is 5.22. The smallest absolute Gasteiger partial charge is 0.220 e. The maximum absolute atomic E-state index is 12.2. The Balaban J connectivity index is 1.33. The van der Waals surface area contributed by atoms with Crippen LogP contribution in [0.15, 0.2) is 96.2 Å². The zero-order valence-corrected chi connectivity index (χ0v) is 21.1. The Bertz CT molecular complexity index is 1190. The van der Waals surface area contributed by atoms with Crippen LogP contribution in [0, 0.1) is 0 Å². The lowest BCUT2D eigenvalue weighted by atomic mass is 10.0. The van der Waals surface area contributed by atoms with Crippen molar-refractivity contribution < 1.29 is 4.79 Å². The SMILES string of the molecule is CCn1c(SCCCCC(=O)NCCc2ccccc2)nc(-c2ccccc2)c1-c1ccccc1. The maximum atomic E-state index is 12.2. The van der Waals surface area contributed by atoms with Crippen molar-refractivity contribution in [3.63, 3.8) is 0 Å². The minimum Gasteiger partial charge on any atom is -0.356 e. The molecule has 0 fully saturated rings. The highest BCUT2D eigenvalue weighted by molar-refractivity contribution is 7.99. The number of hydrogen-bond acceptors (Lipinski definition) is 3. The molecule has 0 unspecified atom stereocenters. The molecule has 1 N–H and O–H groups in total. The summed E-state index contributed by atoms with van der Waals surface area (Å²) in [5.74, 6) is 1.08. The molecule has 0 atom stereocenters. The number of nitrogens with one attached hydrogen (secondary N) is 1. The van der Waals surface area contributed by atoms with E-state index in [0.29, 0.717) is 13.0 Å². The second-order valence-corrected chi connectivity index (χ2v) is 9.52. The van der Waals surface area contributed by atoms with Gasteiger partial charge in [0.2, 0.25) is 5.91 Å². The third-order valence-electron chi connectivity index (χ3n) is 5.95. The first kappa shape index (κ1) is 24.8. The lowest BCUT2D eigenvalue weighted by molar-refractivity contribution is -0.121. The molecule has 1 amide bonds. The predicted octanol–water partition coefficient (Wildman–Crippen LogP) is 6.86. The molecule has 4 nitrogen and oxygen atoms in total. The van der Waals surface area contributed by atoms with E-state index in [-0.39, 0.29) is 5.91 Å². The molecule has 0 spiro atoms. The Hall–Kier alpha value is -3.31. The highest BCUT2D eigenvalue weighted by Crippen LogP contribution is 2.36. The molecular weight excluding hydrogens is 450 g/mol. The van der Waals surface area contributed by atoms with Gasteiger partial charge in [0.15, 0.2) is 5.16 Å². The van der Waals surface area contributed by atoms with E-state index in [9.17, 15) is 4.79 Å². The average Bonchev–Trinajstić information content (AvgIpc) is 3.28. The highest BCUT2D eigenvalue weighted by atomic mass is 32.2. The number of unbranched alkanes of at least 4 members (excludes halogenated alkanes) is 1. The summed E-state index contributed by atoms with van der Waals surface area (Å²) in [7, 11) is 0. The molecule has 0 radical (unpaired) electrons. The first-order valence-electron chi connectivity index (χ1n) is 12.4.